The molecule has 0 fully saturated rings. The third kappa shape index (κ3) is 2.79. The maximum absolute atomic E-state index is 11.4. The van der Waals surface area contributed by atoms with Crippen molar-refractivity contribution in [2.24, 2.45) is 11.5 Å². The molecule has 0 unspecified atom stereocenters. The standard InChI is InChI=1S/C7H12N2O5/c1-7(9,6(13)14)5(12)3(8)2-4(10)11/h3H,2,8-9H2,1H3,(H,10,11)(H,13,14)/t3-,7+/m0/s1/i/hD. The third-order valence-corrected chi connectivity index (χ3v) is 1.68. The zero-order valence-electron chi connectivity index (χ0n) is 8.52. The quantitative estimate of drug-likeness (QED) is 0.386. The number of carbonyl (C=O) groups is 3. The van der Waals surface area contributed by atoms with Crippen LogP contribution in [0.1, 0.15) is 13.3 Å². The molecule has 0 saturated carbocycles. The lowest BCUT2D eigenvalue weighted by Gasteiger charge is -2.20. The zero-order chi connectivity index (χ0) is 12.2. The number of carboxylic acid groups (broad SMARTS) is 2. The summed E-state index contributed by atoms with van der Waals surface area (Å²) in [7, 11) is 0. The van der Waals surface area contributed by atoms with Crippen molar-refractivity contribution in [3.8, 4) is 0 Å². The van der Waals surface area contributed by atoms with Crippen molar-refractivity contribution in [2.45, 2.75) is 24.9 Å². The lowest BCUT2D eigenvalue weighted by molar-refractivity contribution is -0.149. The average Bonchev–Trinajstić information content (AvgIpc) is 2.15. The molecule has 0 amide bonds. The first-order valence-corrected chi connectivity index (χ1v) is 3.71. The van der Waals surface area contributed by atoms with Crippen LogP contribution in [0.4, 0.5) is 0 Å². The maximum atomic E-state index is 11.4. The fraction of sp³-hybridized carbons (Fsp3) is 0.571. The molecule has 0 aliphatic heterocycles. The summed E-state index contributed by atoms with van der Waals surface area (Å²) < 4.78 is 6.22. The number of nitrogens with two attached hydrogens (primary N) is 2. The molecule has 0 rings (SSSR count). The Kier molecular flexibility index (Phi) is 3.15. The summed E-state index contributed by atoms with van der Waals surface area (Å²) in [5, 5.41) is 12.1. The van der Waals surface area contributed by atoms with Gasteiger partial charge in [-0.2, -0.15) is 0 Å². The summed E-state index contributed by atoms with van der Waals surface area (Å²) in [6, 6.07) is -1.39. The van der Waals surface area contributed by atoms with Crippen molar-refractivity contribution in [2.75, 3.05) is 0 Å². The lowest BCUT2D eigenvalue weighted by Crippen LogP contribution is -2.58. The van der Waals surface area contributed by atoms with E-state index in [0.717, 1.165) is 6.92 Å². The van der Waals surface area contributed by atoms with Crippen LogP contribution in [-0.4, -0.2) is 39.5 Å². The number of hydrogen-bond acceptors (Lipinski definition) is 6. The van der Waals surface area contributed by atoms with Gasteiger partial charge in [0, 0.05) is 0 Å². The van der Waals surface area contributed by atoms with E-state index in [-0.39, 0.29) is 0 Å². The fourth-order valence-corrected chi connectivity index (χ4v) is 0.763. The number of ketones is 1. The summed E-state index contributed by atoms with van der Waals surface area (Å²) in [6.45, 7) is 0.976. The predicted molar refractivity (Wildman–Crippen MR) is 45.5 cm³/mol. The number of Topliss-reactive ketones (excluding diaryl/α,β-unsaturated/α-hetero) is 1. The highest BCUT2D eigenvalue weighted by atomic mass is 16.4. The molecule has 0 bridgehead atoms. The molecule has 0 aliphatic rings. The van der Waals surface area contributed by atoms with Gasteiger partial charge in [0.2, 0.25) is 0 Å². The van der Waals surface area contributed by atoms with Gasteiger partial charge in [0.25, 0.3) is 1.43 Å². The molecule has 0 aromatic rings. The Morgan fingerprint density at radius 2 is 2.07 bits per heavy atom. The molecular weight excluding hydrogens is 192 g/mol. The van der Waals surface area contributed by atoms with Crippen LogP contribution >= 0.6 is 0 Å². The van der Waals surface area contributed by atoms with Crippen molar-refractivity contribution < 1.29 is 24.6 Å². The van der Waals surface area contributed by atoms with Gasteiger partial charge in [0.05, 0.1) is 12.5 Å². The Hall–Kier alpha value is -1.47. The second-order valence-corrected chi connectivity index (χ2v) is 3.05. The summed E-state index contributed by atoms with van der Waals surface area (Å²) in [5.74, 6) is -3.57. The first kappa shape index (κ1) is 10.6. The normalized spacial score (nSPS) is 17.5. The van der Waals surface area contributed by atoms with Gasteiger partial charge in [-0.1, -0.05) is 0 Å². The van der Waals surface area contributed by atoms with E-state index in [1.54, 1.807) is 0 Å². The van der Waals surface area contributed by atoms with Gasteiger partial charge in [0.1, 0.15) is 0 Å². The van der Waals surface area contributed by atoms with E-state index in [4.69, 9.17) is 18.0 Å². The minimum absolute atomic E-state index is 0.581. The van der Waals surface area contributed by atoms with Crippen LogP contribution in [0.15, 0.2) is 0 Å². The van der Waals surface area contributed by atoms with Crippen LogP contribution in [0.2, 0.25) is 0 Å². The first-order chi connectivity index (χ1) is 6.73. The van der Waals surface area contributed by atoms with Gasteiger partial charge >= 0.3 is 11.9 Å². The highest BCUT2D eigenvalue weighted by Crippen LogP contribution is 2.06. The smallest absolute Gasteiger partial charge is 0.331 e. The molecule has 0 radical (unpaired) electrons. The van der Waals surface area contributed by atoms with Crippen molar-refractivity contribution in [1.29, 1.82) is 1.43 Å². The molecule has 0 aliphatic carbocycles. The highest BCUT2D eigenvalue weighted by Gasteiger charge is 2.40. The first-order valence-electron chi connectivity index (χ1n) is 4.12. The molecule has 2 atom stereocenters. The summed E-state index contributed by atoms with van der Waals surface area (Å²) in [5.41, 5.74) is 8.28. The second-order valence-electron chi connectivity index (χ2n) is 3.05. The number of aliphatic carboxylic acids is 2. The Balaban J connectivity index is 4.58. The largest absolute Gasteiger partial charge is 0.481 e. The van der Waals surface area contributed by atoms with Crippen LogP contribution < -0.4 is 11.5 Å². The van der Waals surface area contributed by atoms with Crippen molar-refractivity contribution in [1.82, 2.24) is 0 Å². The lowest BCUT2D eigenvalue weighted by atomic mass is 9.91. The number of carbonyl (C=O) groups excluding carboxylic acids is 1. The van der Waals surface area contributed by atoms with Crippen LogP contribution in [0.25, 0.3) is 1.43 Å². The minimum atomic E-state index is -2.15. The Morgan fingerprint density at radius 1 is 1.57 bits per heavy atom. The van der Waals surface area contributed by atoms with E-state index in [1.165, 1.54) is 0 Å². The Bertz CT molecular complexity index is 291. The molecule has 6 N–H and O–H groups in total. The summed E-state index contributed by atoms with van der Waals surface area (Å²) >= 11 is 0. The second kappa shape index (κ2) is 4.16. The molecule has 0 saturated heterocycles. The van der Waals surface area contributed by atoms with Gasteiger partial charge < -0.3 is 21.7 Å². The predicted octanol–water partition coefficient (Wildman–Crippen LogP) is -1.84. The van der Waals surface area contributed by atoms with E-state index in [0.29, 0.717) is 0 Å². The molecule has 14 heavy (non-hydrogen) atoms. The molecule has 0 aromatic heterocycles. The van der Waals surface area contributed by atoms with E-state index >= 15 is 0 Å². The third-order valence-electron chi connectivity index (χ3n) is 1.68. The molecule has 0 aromatic carbocycles. The molecule has 0 heterocycles. The van der Waals surface area contributed by atoms with Gasteiger partial charge in [-0.3, -0.25) is 9.59 Å². The molecular formula is C7H12N2O5. The van der Waals surface area contributed by atoms with E-state index in [1.807, 2.05) is 0 Å². The molecule has 80 valence electrons. The van der Waals surface area contributed by atoms with Gasteiger partial charge in [-0.05, 0) is 6.92 Å². The van der Waals surface area contributed by atoms with Crippen molar-refractivity contribution >= 4 is 17.7 Å². The van der Waals surface area contributed by atoms with E-state index in [2.05, 4.69) is 5.11 Å². The van der Waals surface area contributed by atoms with Crippen LogP contribution in [0.3, 0.4) is 0 Å². The summed E-state index contributed by atoms with van der Waals surface area (Å²) in [6.07, 6.45) is -0.581. The van der Waals surface area contributed by atoms with E-state index in [9.17, 15) is 14.4 Å². The van der Waals surface area contributed by atoms with Gasteiger partial charge in [0.15, 0.2) is 11.3 Å². The van der Waals surface area contributed by atoms with Crippen LogP contribution in [0, 0.1) is 0 Å². The minimum Gasteiger partial charge on any atom is -0.481 e. The maximum Gasteiger partial charge on any atom is 0.331 e. The number of carboxylic acids is 2. The van der Waals surface area contributed by atoms with E-state index < -0.39 is 35.7 Å². The molecule has 0 spiro atoms. The Labute approximate surface area is 81.2 Å². The molecule has 7 heteroatoms. The number of hydrogen-bond donors (Lipinski definition) is 4. The molecule has 7 nitrogen and oxygen atoms in total. The van der Waals surface area contributed by atoms with Gasteiger partial charge in [-0.15, -0.1) is 0 Å². The Morgan fingerprint density at radius 3 is 2.43 bits per heavy atom. The topological polar surface area (TPSA) is 144 Å². The highest BCUT2D eigenvalue weighted by molar-refractivity contribution is 6.10. The van der Waals surface area contributed by atoms with Crippen LogP contribution in [-0.2, 0) is 14.4 Å². The van der Waals surface area contributed by atoms with Crippen molar-refractivity contribution in [3.05, 3.63) is 0 Å². The SMILES string of the molecule is [2H]OC(=O)C[C@H](N)C(=O)[C@@](C)(N)C(=O)O. The average molecular weight is 205 g/mol. The zero-order valence-corrected chi connectivity index (χ0v) is 7.52. The van der Waals surface area contributed by atoms with Crippen LogP contribution in [0.5, 0.6) is 0 Å². The van der Waals surface area contributed by atoms with Crippen molar-refractivity contribution in [3.63, 3.8) is 0 Å². The van der Waals surface area contributed by atoms with Gasteiger partial charge in [-0.25, -0.2) is 4.79 Å². The summed E-state index contributed by atoms with van der Waals surface area (Å²) in [4.78, 5) is 32.5. The fourth-order valence-electron chi connectivity index (χ4n) is 0.763. The number of rotatable bonds is 5. The monoisotopic (exact) mass is 205 g/mol.